The van der Waals surface area contributed by atoms with Gasteiger partial charge < -0.3 is 9.13 Å². The molecule has 0 radical (unpaired) electrons. The highest BCUT2D eigenvalue weighted by atomic mass is 19.4. The predicted octanol–water partition coefficient (Wildman–Crippen LogP) is 18.2. The Morgan fingerprint density at radius 1 is 0.324 bits per heavy atom. The molecule has 354 valence electrons. The smallest absolute Gasteiger partial charge is 0.308 e. The van der Waals surface area contributed by atoms with Crippen molar-refractivity contribution in [2.45, 2.75) is 33.9 Å². The van der Waals surface area contributed by atoms with Gasteiger partial charge in [-0.1, -0.05) is 144 Å². The monoisotopic (exact) mass is 962 g/mol. The van der Waals surface area contributed by atoms with E-state index in [9.17, 15) is 23.7 Å². The van der Waals surface area contributed by atoms with E-state index >= 15 is 0 Å². The second-order valence-corrected chi connectivity index (χ2v) is 19.5. The van der Waals surface area contributed by atoms with Gasteiger partial charge in [-0.15, -0.1) is 0 Å². The lowest BCUT2D eigenvalue weighted by Gasteiger charge is -2.19. The molecule has 4 nitrogen and oxygen atoms in total. The van der Waals surface area contributed by atoms with Crippen molar-refractivity contribution in [1.82, 2.24) is 9.13 Å². The minimum absolute atomic E-state index is 0.129. The molecule has 0 amide bonds. The molecular formula is C67H45F3N4. The summed E-state index contributed by atoms with van der Waals surface area (Å²) >= 11 is 0. The molecule has 0 aliphatic heterocycles. The number of aromatic nitrogens is 2. The first-order chi connectivity index (χ1) is 35.8. The van der Waals surface area contributed by atoms with Gasteiger partial charge in [-0.3, -0.25) is 0 Å². The normalized spacial score (nSPS) is 11.7. The van der Waals surface area contributed by atoms with Gasteiger partial charge in [0.15, 0.2) is 0 Å². The van der Waals surface area contributed by atoms with Gasteiger partial charge in [0.2, 0.25) is 0 Å². The first kappa shape index (κ1) is 45.7. The van der Waals surface area contributed by atoms with Crippen LogP contribution < -0.4 is 0 Å². The van der Waals surface area contributed by atoms with Crippen molar-refractivity contribution in [2.75, 3.05) is 0 Å². The van der Waals surface area contributed by atoms with Crippen LogP contribution in [0.5, 0.6) is 0 Å². The number of nitrogens with zero attached hydrogens (tertiary/aromatic N) is 4. The molecule has 0 aliphatic carbocycles. The highest BCUT2D eigenvalue weighted by Gasteiger charge is 2.32. The fourth-order valence-electron chi connectivity index (χ4n) is 10.5. The van der Waals surface area contributed by atoms with E-state index in [0.717, 1.165) is 123 Å². The Labute approximate surface area is 426 Å². The molecule has 0 saturated heterocycles. The first-order valence-corrected chi connectivity index (χ1v) is 24.5. The van der Waals surface area contributed by atoms with Crippen LogP contribution in [0.2, 0.25) is 0 Å². The lowest BCUT2D eigenvalue weighted by atomic mass is 9.96. The van der Waals surface area contributed by atoms with Gasteiger partial charge in [0, 0.05) is 21.5 Å². The molecule has 0 N–H and O–H groups in total. The molecule has 2 aromatic heterocycles. The highest BCUT2D eigenvalue weighted by Crippen LogP contribution is 2.44. The zero-order chi connectivity index (χ0) is 51.0. The van der Waals surface area contributed by atoms with Crippen molar-refractivity contribution in [1.29, 1.82) is 10.5 Å². The number of nitriles is 2. The molecule has 7 heteroatoms. The lowest BCUT2D eigenvalue weighted by molar-refractivity contribution is -0.137. The van der Waals surface area contributed by atoms with Crippen LogP contribution in [0.4, 0.5) is 13.2 Å². The zero-order valence-electron chi connectivity index (χ0n) is 41.0. The molecule has 12 aromatic rings. The number of hydrogen-bond acceptors (Lipinski definition) is 2. The average Bonchev–Trinajstić information content (AvgIpc) is 3.92. The predicted molar refractivity (Wildman–Crippen MR) is 296 cm³/mol. The Bertz CT molecular complexity index is 3870. The van der Waals surface area contributed by atoms with Crippen molar-refractivity contribution in [2.24, 2.45) is 0 Å². The van der Waals surface area contributed by atoms with Gasteiger partial charge >= 0.3 is 6.18 Å². The van der Waals surface area contributed by atoms with Gasteiger partial charge in [0.25, 0.3) is 0 Å². The van der Waals surface area contributed by atoms with E-state index in [4.69, 9.17) is 0 Å². The molecule has 0 bridgehead atoms. The summed E-state index contributed by atoms with van der Waals surface area (Å²) in [5, 5.41) is 25.7. The SMILES string of the molecule is Cc1ccc(-c2ccc3c(c2)c2cc(-c4ccc(C)cc4)ccc2n3-c2cc(-c3cc(C#N)cc(C(F)(F)F)c3)cc(-n3c4ccc(-c5ccc(C)cc5)cc4c4cc(-c5ccc(C)cc5)ccc43)c2C#N)cc1. The third kappa shape index (κ3) is 7.96. The van der Waals surface area contributed by atoms with Crippen molar-refractivity contribution >= 4 is 43.6 Å². The van der Waals surface area contributed by atoms with Crippen molar-refractivity contribution in [3.05, 3.63) is 239 Å². The number of benzene rings is 10. The van der Waals surface area contributed by atoms with Crippen LogP contribution in [-0.2, 0) is 6.18 Å². The van der Waals surface area contributed by atoms with Gasteiger partial charge in [0.05, 0.1) is 50.6 Å². The minimum Gasteiger partial charge on any atom is -0.308 e. The molecular weight excluding hydrogens is 918 g/mol. The summed E-state index contributed by atoms with van der Waals surface area (Å²) in [5.41, 5.74) is 16.9. The highest BCUT2D eigenvalue weighted by molar-refractivity contribution is 6.14. The van der Waals surface area contributed by atoms with Crippen LogP contribution in [0.25, 0.3) is 111 Å². The second-order valence-electron chi connectivity index (χ2n) is 19.5. The number of fused-ring (bicyclic) bond motifs is 6. The van der Waals surface area contributed by atoms with Crippen LogP contribution in [-0.4, -0.2) is 9.13 Å². The summed E-state index contributed by atoms with van der Waals surface area (Å²) in [5.74, 6) is 0. The van der Waals surface area contributed by atoms with Crippen molar-refractivity contribution < 1.29 is 13.2 Å². The van der Waals surface area contributed by atoms with E-state index < -0.39 is 11.7 Å². The summed E-state index contributed by atoms with van der Waals surface area (Å²) in [6.07, 6.45) is -4.73. The Morgan fingerprint density at radius 2 is 0.622 bits per heavy atom. The van der Waals surface area contributed by atoms with E-state index in [-0.39, 0.29) is 11.1 Å². The van der Waals surface area contributed by atoms with E-state index in [1.54, 1.807) is 12.1 Å². The molecule has 74 heavy (non-hydrogen) atoms. The second kappa shape index (κ2) is 17.7. The largest absolute Gasteiger partial charge is 0.416 e. The molecule has 2 heterocycles. The van der Waals surface area contributed by atoms with Gasteiger partial charge in [0.1, 0.15) is 11.6 Å². The maximum absolute atomic E-state index is 14.8. The van der Waals surface area contributed by atoms with E-state index in [1.165, 1.54) is 6.07 Å². The summed E-state index contributed by atoms with van der Waals surface area (Å²) in [6.45, 7) is 8.25. The van der Waals surface area contributed by atoms with Crippen molar-refractivity contribution in [3.8, 4) is 79.1 Å². The molecule has 0 atom stereocenters. The molecule has 0 fully saturated rings. The van der Waals surface area contributed by atoms with Gasteiger partial charge in [-0.25, -0.2) is 0 Å². The maximum Gasteiger partial charge on any atom is 0.416 e. The summed E-state index contributed by atoms with van der Waals surface area (Å²) in [6, 6.07) is 70.7. The standard InChI is InChI=1S/C67H45F3N4/c1-40-5-13-45(14-6-40)49-21-25-61-56(32-49)57-33-50(46-15-7-41(2)8-16-46)22-26-62(57)73(61)65-36-54(53-29-44(38-71)30-55(31-53)67(68,69)70)37-66(60(65)39-72)74-63-27-23-51(47-17-9-42(3)10-18-47)34-58(63)59-35-52(24-28-64(59)74)48-19-11-43(4)12-20-48/h5-37H,1-4H3. The van der Waals surface area contributed by atoms with Crippen molar-refractivity contribution in [3.63, 3.8) is 0 Å². The average molecular weight is 963 g/mol. The lowest BCUT2D eigenvalue weighted by Crippen LogP contribution is -2.07. The molecule has 0 aliphatic rings. The Kier molecular flexibility index (Phi) is 10.9. The molecule has 10 aromatic carbocycles. The third-order valence-electron chi connectivity index (χ3n) is 14.5. The number of halogens is 3. The van der Waals surface area contributed by atoms with Gasteiger partial charge in [-0.2, -0.15) is 23.7 Å². The topological polar surface area (TPSA) is 57.4 Å². The van der Waals surface area contributed by atoms with Crippen LogP contribution in [0.3, 0.4) is 0 Å². The van der Waals surface area contributed by atoms with Crippen LogP contribution in [0.15, 0.2) is 200 Å². The summed E-state index contributed by atoms with van der Waals surface area (Å²) < 4.78 is 48.4. The van der Waals surface area contributed by atoms with E-state index in [0.29, 0.717) is 22.5 Å². The number of aryl methyl sites for hydroxylation is 4. The quantitative estimate of drug-likeness (QED) is 0.160. The Hall–Kier alpha value is -9.43. The van der Waals surface area contributed by atoms with Crippen LogP contribution in [0.1, 0.15) is 38.9 Å². The van der Waals surface area contributed by atoms with E-state index in [1.807, 2.05) is 6.07 Å². The minimum atomic E-state index is -4.73. The Balaban J connectivity index is 1.19. The molecule has 0 saturated carbocycles. The summed E-state index contributed by atoms with van der Waals surface area (Å²) in [7, 11) is 0. The molecule has 0 spiro atoms. The molecule has 12 rings (SSSR count). The third-order valence-corrected chi connectivity index (χ3v) is 14.5. The van der Waals surface area contributed by atoms with Crippen LogP contribution >= 0.6 is 0 Å². The fraction of sp³-hybridized carbons (Fsp3) is 0.0746. The molecule has 0 unspecified atom stereocenters. The number of rotatable bonds is 7. The zero-order valence-corrected chi connectivity index (χ0v) is 41.0. The Morgan fingerprint density at radius 3 is 0.905 bits per heavy atom. The van der Waals surface area contributed by atoms with Crippen LogP contribution in [0, 0.1) is 50.4 Å². The first-order valence-electron chi connectivity index (χ1n) is 24.5. The fourth-order valence-corrected chi connectivity index (χ4v) is 10.5. The number of alkyl halides is 3. The van der Waals surface area contributed by atoms with E-state index in [2.05, 4.69) is 213 Å². The summed E-state index contributed by atoms with van der Waals surface area (Å²) in [4.78, 5) is 0. The number of hydrogen-bond donors (Lipinski definition) is 0. The van der Waals surface area contributed by atoms with Gasteiger partial charge in [-0.05, 0) is 162 Å². The maximum atomic E-state index is 14.8.